The van der Waals surface area contributed by atoms with E-state index >= 15 is 0 Å². The fourth-order valence-corrected chi connectivity index (χ4v) is 7.71. The van der Waals surface area contributed by atoms with E-state index in [1.165, 1.54) is 6.07 Å². The molecule has 0 aliphatic heterocycles. The van der Waals surface area contributed by atoms with Gasteiger partial charge in [0.1, 0.15) is 5.03 Å². The van der Waals surface area contributed by atoms with Crippen molar-refractivity contribution in [2.75, 3.05) is 0 Å². The molecule has 0 radical (unpaired) electrons. The van der Waals surface area contributed by atoms with Gasteiger partial charge in [0.05, 0.1) is 16.7 Å². The molecule has 0 saturated carbocycles. The molecule has 48 heavy (non-hydrogen) atoms. The lowest BCUT2D eigenvalue weighted by Crippen LogP contribution is -2.33. The summed E-state index contributed by atoms with van der Waals surface area (Å²) >= 11 is 3.35. The topological polar surface area (TPSA) is 68.0 Å². The number of fused-ring (bicyclic) bond motifs is 1. The summed E-state index contributed by atoms with van der Waals surface area (Å²) in [6, 6.07) is 20.5. The maximum Gasteiger partial charge on any atom is 0.417 e. The fraction of sp³-hybridized carbons (Fsp3) is 0.342. The van der Waals surface area contributed by atoms with E-state index in [2.05, 4.69) is 53.5 Å². The van der Waals surface area contributed by atoms with Crippen molar-refractivity contribution < 1.29 is 23.1 Å². The van der Waals surface area contributed by atoms with Gasteiger partial charge in [0, 0.05) is 62.1 Å². The second kappa shape index (κ2) is 14.0. The highest BCUT2D eigenvalue weighted by Crippen LogP contribution is 2.46. The van der Waals surface area contributed by atoms with Gasteiger partial charge in [0.15, 0.2) is 0 Å². The average Bonchev–Trinajstić information content (AvgIpc) is 3.30. The molecular weight excluding hydrogens is 652 g/mol. The second-order valence-electron chi connectivity index (χ2n) is 13.1. The number of carboxylic acids is 1. The van der Waals surface area contributed by atoms with Crippen molar-refractivity contribution in [1.29, 1.82) is 0 Å². The Morgan fingerprint density at radius 3 is 2.15 bits per heavy atom. The summed E-state index contributed by atoms with van der Waals surface area (Å²) in [6.45, 7) is 12.9. The maximum absolute atomic E-state index is 13.1. The Morgan fingerprint density at radius 2 is 1.60 bits per heavy atom. The first kappa shape index (κ1) is 35.5. The zero-order valence-corrected chi connectivity index (χ0v) is 29.6. The van der Waals surface area contributed by atoms with Crippen molar-refractivity contribution >= 4 is 40.4 Å². The predicted molar refractivity (Wildman–Crippen MR) is 189 cm³/mol. The molecule has 252 valence electrons. The summed E-state index contributed by atoms with van der Waals surface area (Å²) < 4.78 is 41.3. The number of rotatable bonds is 11. The number of aryl methyl sites for hydroxylation is 1. The minimum absolute atomic E-state index is 0.143. The van der Waals surface area contributed by atoms with Crippen LogP contribution in [-0.4, -0.2) is 30.4 Å². The van der Waals surface area contributed by atoms with E-state index in [0.29, 0.717) is 37.1 Å². The van der Waals surface area contributed by atoms with Crippen LogP contribution >= 0.6 is 23.5 Å². The Balaban J connectivity index is 1.61. The van der Waals surface area contributed by atoms with E-state index < -0.39 is 23.1 Å². The van der Waals surface area contributed by atoms with E-state index in [-0.39, 0.29) is 4.75 Å². The number of pyridine rings is 2. The lowest BCUT2D eigenvalue weighted by atomic mass is 9.78. The van der Waals surface area contributed by atoms with Gasteiger partial charge < -0.3 is 9.67 Å². The molecule has 0 aliphatic rings. The van der Waals surface area contributed by atoms with Crippen molar-refractivity contribution in [3.8, 4) is 11.3 Å². The molecule has 5 nitrogen and oxygen atoms in total. The second-order valence-corrected chi connectivity index (χ2v) is 16.1. The van der Waals surface area contributed by atoms with Crippen molar-refractivity contribution in [2.45, 2.75) is 93.1 Å². The predicted octanol–water partition coefficient (Wildman–Crippen LogP) is 10.9. The minimum atomic E-state index is -4.44. The number of hydrogen-bond donors (Lipinski definition) is 1. The zero-order valence-electron chi connectivity index (χ0n) is 28.0. The van der Waals surface area contributed by atoms with Crippen molar-refractivity contribution in [2.24, 2.45) is 5.41 Å². The van der Waals surface area contributed by atoms with E-state index in [1.807, 2.05) is 63.4 Å². The molecule has 1 N–H and O–H groups in total. The number of halogens is 3. The number of nitrogens with zero attached hydrogens (tertiary/aromatic N) is 3. The maximum atomic E-state index is 13.1. The minimum Gasteiger partial charge on any atom is -0.481 e. The summed E-state index contributed by atoms with van der Waals surface area (Å²) in [5.74, 6) is -0.800. The average molecular weight is 692 g/mol. The van der Waals surface area contributed by atoms with Crippen LogP contribution in [-0.2, 0) is 23.9 Å². The standard InChI is InChI=1S/C38H40F3N3O2S2/c1-7-37(8-2,35(45)46)20-32-34(48-36(4,5)6)29-19-28(47-33-18-9-24(3)21-43-33)15-17-31(29)44(32)23-25-10-12-26(13-11-25)30-16-14-27(22-42-30)38(39,40)41/h9-19,21-22H,7-8,20,23H2,1-6H3,(H,45,46). The van der Waals surface area contributed by atoms with Crippen LogP contribution in [0.1, 0.15) is 69.8 Å². The smallest absolute Gasteiger partial charge is 0.417 e. The lowest BCUT2D eigenvalue weighted by Gasteiger charge is -2.29. The van der Waals surface area contributed by atoms with Crippen LogP contribution < -0.4 is 0 Å². The normalized spacial score (nSPS) is 12.5. The molecule has 0 fully saturated rings. The van der Waals surface area contributed by atoms with Crippen molar-refractivity contribution in [1.82, 2.24) is 14.5 Å². The highest BCUT2D eigenvalue weighted by atomic mass is 32.2. The van der Waals surface area contributed by atoms with Gasteiger partial charge in [-0.1, -0.05) is 76.7 Å². The molecule has 3 heterocycles. The molecule has 5 rings (SSSR count). The SMILES string of the molecule is CCC(CC)(Cc1c(SC(C)(C)C)c2cc(Sc3ccc(C)cn3)ccc2n1Cc1ccc(-c2ccc(C(F)(F)F)cn2)cc1)C(=O)O. The molecule has 2 aromatic carbocycles. The van der Waals surface area contributed by atoms with E-state index in [1.54, 1.807) is 23.5 Å². The van der Waals surface area contributed by atoms with Gasteiger partial charge in [-0.15, -0.1) is 11.8 Å². The zero-order chi connectivity index (χ0) is 34.9. The molecular formula is C38H40F3N3O2S2. The number of aliphatic carboxylic acids is 1. The Morgan fingerprint density at radius 1 is 0.896 bits per heavy atom. The van der Waals surface area contributed by atoms with E-state index in [0.717, 1.165) is 54.8 Å². The Labute approximate surface area is 288 Å². The van der Waals surface area contributed by atoms with Gasteiger partial charge in [-0.2, -0.15) is 13.2 Å². The Bertz CT molecular complexity index is 1890. The summed E-state index contributed by atoms with van der Waals surface area (Å²) in [7, 11) is 0. The molecule has 0 bridgehead atoms. The first-order valence-corrected chi connectivity index (χ1v) is 17.6. The Hall–Kier alpha value is -3.76. The summed E-state index contributed by atoms with van der Waals surface area (Å²) in [4.78, 5) is 23.6. The third kappa shape index (κ3) is 7.92. The van der Waals surface area contributed by atoms with Crippen LogP contribution in [0, 0.1) is 12.3 Å². The third-order valence-electron chi connectivity index (χ3n) is 8.60. The van der Waals surface area contributed by atoms with Crippen molar-refractivity contribution in [3.05, 3.63) is 102 Å². The molecule has 10 heteroatoms. The van der Waals surface area contributed by atoms with Gasteiger partial charge in [-0.05, 0) is 67.3 Å². The molecule has 0 aliphatic carbocycles. The lowest BCUT2D eigenvalue weighted by molar-refractivity contribution is -0.149. The molecule has 0 saturated heterocycles. The van der Waals surface area contributed by atoms with Gasteiger partial charge in [-0.3, -0.25) is 9.78 Å². The van der Waals surface area contributed by atoms with E-state index in [4.69, 9.17) is 0 Å². The largest absolute Gasteiger partial charge is 0.481 e. The molecule has 3 aromatic heterocycles. The van der Waals surface area contributed by atoms with Crippen LogP contribution in [0.2, 0.25) is 0 Å². The number of alkyl halides is 3. The number of benzene rings is 2. The number of aromatic nitrogens is 3. The van der Waals surface area contributed by atoms with Crippen LogP contribution in [0.15, 0.2) is 93.9 Å². The Kier molecular flexibility index (Phi) is 10.4. The van der Waals surface area contributed by atoms with Gasteiger partial charge in [0.25, 0.3) is 0 Å². The van der Waals surface area contributed by atoms with Gasteiger partial charge in [-0.25, -0.2) is 4.98 Å². The molecule has 0 atom stereocenters. The summed E-state index contributed by atoms with van der Waals surface area (Å²) in [5, 5.41) is 12.5. The number of carboxylic acid groups (broad SMARTS) is 1. The summed E-state index contributed by atoms with van der Waals surface area (Å²) in [5.41, 5.74) is 3.52. The highest BCUT2D eigenvalue weighted by Gasteiger charge is 2.38. The quantitative estimate of drug-likeness (QED) is 0.139. The molecule has 0 amide bonds. The number of hydrogen-bond acceptors (Lipinski definition) is 5. The molecule has 5 aromatic rings. The van der Waals surface area contributed by atoms with Crippen LogP contribution in [0.3, 0.4) is 0 Å². The molecule has 0 unspecified atom stereocenters. The first-order chi connectivity index (χ1) is 22.6. The van der Waals surface area contributed by atoms with Crippen LogP contribution in [0.25, 0.3) is 22.2 Å². The highest BCUT2D eigenvalue weighted by molar-refractivity contribution is 8.01. The monoisotopic (exact) mass is 691 g/mol. The first-order valence-electron chi connectivity index (χ1n) is 15.9. The summed E-state index contributed by atoms with van der Waals surface area (Å²) in [6.07, 6.45) is -0.368. The van der Waals surface area contributed by atoms with Crippen LogP contribution in [0.4, 0.5) is 13.2 Å². The number of carbonyl (C=O) groups is 1. The third-order valence-corrected chi connectivity index (χ3v) is 10.8. The fourth-order valence-electron chi connectivity index (χ4n) is 5.73. The van der Waals surface area contributed by atoms with Gasteiger partial charge in [0.2, 0.25) is 0 Å². The van der Waals surface area contributed by atoms with Crippen molar-refractivity contribution in [3.63, 3.8) is 0 Å². The van der Waals surface area contributed by atoms with Gasteiger partial charge >= 0.3 is 12.1 Å². The molecule has 0 spiro atoms. The number of thioether (sulfide) groups is 1. The van der Waals surface area contributed by atoms with E-state index in [9.17, 15) is 23.1 Å². The van der Waals surface area contributed by atoms with Crippen LogP contribution in [0.5, 0.6) is 0 Å².